The van der Waals surface area contributed by atoms with Gasteiger partial charge in [-0.1, -0.05) is 18.2 Å². The molecule has 0 aliphatic carbocycles. The highest BCUT2D eigenvalue weighted by molar-refractivity contribution is 5.99. The number of fused-ring (bicyclic) bond motifs is 1. The third-order valence-corrected chi connectivity index (χ3v) is 4.18. The van der Waals surface area contributed by atoms with Crippen molar-refractivity contribution in [1.29, 1.82) is 0 Å². The van der Waals surface area contributed by atoms with E-state index in [1.165, 1.54) is 18.5 Å². The Labute approximate surface area is 153 Å². The Morgan fingerprint density at radius 2 is 1.93 bits per heavy atom. The van der Waals surface area contributed by atoms with E-state index in [9.17, 15) is 19.7 Å². The Balaban J connectivity index is 1.67. The molecule has 2 heterocycles. The SMILES string of the molecule is Cc1nn(CC(=O)NNC(=O)c2oc3ccccc3c2C)c(C)c1[N+](=O)[O-]. The van der Waals surface area contributed by atoms with E-state index in [0.717, 1.165) is 5.39 Å². The number of furan rings is 1. The van der Waals surface area contributed by atoms with E-state index in [-0.39, 0.29) is 29.4 Å². The lowest BCUT2D eigenvalue weighted by atomic mass is 10.1. The van der Waals surface area contributed by atoms with Gasteiger partial charge in [-0.3, -0.25) is 35.2 Å². The molecule has 0 saturated heterocycles. The zero-order chi connectivity index (χ0) is 19.7. The summed E-state index contributed by atoms with van der Waals surface area (Å²) in [6, 6.07) is 7.21. The molecule has 140 valence electrons. The number of nitrogens with zero attached hydrogens (tertiary/aromatic N) is 3. The van der Waals surface area contributed by atoms with Crippen LogP contribution in [-0.2, 0) is 11.3 Å². The second kappa shape index (κ2) is 6.90. The molecule has 2 N–H and O–H groups in total. The first kappa shape index (κ1) is 18.1. The highest BCUT2D eigenvalue weighted by atomic mass is 16.6. The van der Waals surface area contributed by atoms with Gasteiger partial charge in [-0.05, 0) is 26.8 Å². The van der Waals surface area contributed by atoms with Gasteiger partial charge in [-0.2, -0.15) is 5.10 Å². The molecule has 10 heteroatoms. The number of nitrogens with one attached hydrogen (secondary N) is 2. The van der Waals surface area contributed by atoms with Gasteiger partial charge in [0.1, 0.15) is 23.5 Å². The minimum Gasteiger partial charge on any atom is -0.451 e. The number of carbonyl (C=O) groups excluding carboxylic acids is 2. The van der Waals surface area contributed by atoms with Crippen molar-refractivity contribution in [3.05, 3.63) is 57.1 Å². The van der Waals surface area contributed by atoms with Gasteiger partial charge in [-0.25, -0.2) is 0 Å². The van der Waals surface area contributed by atoms with Crippen molar-refractivity contribution in [2.75, 3.05) is 0 Å². The van der Waals surface area contributed by atoms with E-state index in [1.807, 2.05) is 12.1 Å². The number of aromatic nitrogens is 2. The van der Waals surface area contributed by atoms with Gasteiger partial charge < -0.3 is 4.42 Å². The Kier molecular flexibility index (Phi) is 4.63. The fourth-order valence-electron chi connectivity index (χ4n) is 2.86. The van der Waals surface area contributed by atoms with Crippen molar-refractivity contribution >= 4 is 28.5 Å². The summed E-state index contributed by atoms with van der Waals surface area (Å²) in [7, 11) is 0. The lowest BCUT2D eigenvalue weighted by molar-refractivity contribution is -0.386. The van der Waals surface area contributed by atoms with E-state index >= 15 is 0 Å². The summed E-state index contributed by atoms with van der Waals surface area (Å²) in [6.07, 6.45) is 0. The van der Waals surface area contributed by atoms with Gasteiger partial charge in [0.15, 0.2) is 5.76 Å². The maximum atomic E-state index is 12.3. The number of aryl methyl sites for hydroxylation is 2. The topological polar surface area (TPSA) is 132 Å². The molecule has 2 amide bonds. The monoisotopic (exact) mass is 371 g/mol. The molecule has 2 aromatic heterocycles. The van der Waals surface area contributed by atoms with Gasteiger partial charge in [-0.15, -0.1) is 0 Å². The molecule has 3 rings (SSSR count). The highest BCUT2D eigenvalue weighted by Gasteiger charge is 2.23. The number of hydrazine groups is 1. The van der Waals surface area contributed by atoms with Crippen LogP contribution in [0.2, 0.25) is 0 Å². The van der Waals surface area contributed by atoms with Crippen molar-refractivity contribution in [2.45, 2.75) is 27.3 Å². The number of rotatable bonds is 4. The summed E-state index contributed by atoms with van der Waals surface area (Å²) in [5, 5.41) is 15.8. The van der Waals surface area contributed by atoms with Crippen molar-refractivity contribution in [3.8, 4) is 0 Å². The van der Waals surface area contributed by atoms with Gasteiger partial charge in [0.25, 0.3) is 5.91 Å². The zero-order valence-corrected chi connectivity index (χ0v) is 14.9. The average molecular weight is 371 g/mol. The number of nitro groups is 1. The van der Waals surface area contributed by atoms with Crippen LogP contribution >= 0.6 is 0 Å². The normalized spacial score (nSPS) is 10.8. The lowest BCUT2D eigenvalue weighted by Crippen LogP contribution is -2.43. The van der Waals surface area contributed by atoms with Gasteiger partial charge >= 0.3 is 11.6 Å². The predicted octanol–water partition coefficient (Wildman–Crippen LogP) is 1.92. The van der Waals surface area contributed by atoms with Crippen LogP contribution in [0.4, 0.5) is 5.69 Å². The number of benzene rings is 1. The standard InChI is InChI=1S/C17H17N5O5/c1-9-12-6-4-5-7-13(12)27-16(9)17(24)19-18-14(23)8-21-11(3)15(22(25)26)10(2)20-21/h4-7H,8H2,1-3H3,(H,18,23)(H,19,24). The van der Waals surface area contributed by atoms with Crippen molar-refractivity contribution in [2.24, 2.45) is 0 Å². The molecular formula is C17H17N5O5. The molecule has 0 radical (unpaired) electrons. The van der Waals surface area contributed by atoms with E-state index in [2.05, 4.69) is 16.0 Å². The Hall–Kier alpha value is -3.69. The summed E-state index contributed by atoms with van der Waals surface area (Å²) >= 11 is 0. The summed E-state index contributed by atoms with van der Waals surface area (Å²) in [5.74, 6) is -1.09. The van der Waals surface area contributed by atoms with Crippen LogP contribution < -0.4 is 10.9 Å². The lowest BCUT2D eigenvalue weighted by Gasteiger charge is -2.07. The average Bonchev–Trinajstić information content (AvgIpc) is 3.10. The maximum Gasteiger partial charge on any atom is 0.312 e. The molecule has 10 nitrogen and oxygen atoms in total. The number of hydrogen-bond donors (Lipinski definition) is 2. The molecule has 0 aliphatic heterocycles. The number of para-hydroxylation sites is 1. The molecule has 0 fully saturated rings. The first-order chi connectivity index (χ1) is 12.8. The zero-order valence-electron chi connectivity index (χ0n) is 14.9. The molecule has 1 aromatic carbocycles. The second-order valence-electron chi connectivity index (χ2n) is 5.99. The third kappa shape index (κ3) is 3.36. The van der Waals surface area contributed by atoms with Crippen LogP contribution in [-0.4, -0.2) is 26.5 Å². The van der Waals surface area contributed by atoms with Gasteiger partial charge in [0.05, 0.1) is 4.92 Å². The van der Waals surface area contributed by atoms with E-state index < -0.39 is 16.7 Å². The largest absolute Gasteiger partial charge is 0.451 e. The Morgan fingerprint density at radius 3 is 2.56 bits per heavy atom. The van der Waals surface area contributed by atoms with Crippen LogP contribution in [0.5, 0.6) is 0 Å². The number of hydrogen-bond acceptors (Lipinski definition) is 6. The van der Waals surface area contributed by atoms with Crippen LogP contribution in [0.25, 0.3) is 11.0 Å². The number of amides is 2. The quantitative estimate of drug-likeness (QED) is 0.532. The third-order valence-electron chi connectivity index (χ3n) is 4.18. The Bertz CT molecular complexity index is 1070. The summed E-state index contributed by atoms with van der Waals surface area (Å²) in [4.78, 5) is 34.8. The second-order valence-corrected chi connectivity index (χ2v) is 5.99. The molecule has 0 atom stereocenters. The Morgan fingerprint density at radius 1 is 1.22 bits per heavy atom. The molecular weight excluding hydrogens is 354 g/mol. The van der Waals surface area contributed by atoms with E-state index in [4.69, 9.17) is 4.42 Å². The van der Waals surface area contributed by atoms with E-state index in [1.54, 1.807) is 19.1 Å². The molecule has 0 bridgehead atoms. The van der Waals surface area contributed by atoms with Crippen molar-refractivity contribution in [1.82, 2.24) is 20.6 Å². The number of carbonyl (C=O) groups is 2. The van der Waals surface area contributed by atoms with Crippen LogP contribution in [0.1, 0.15) is 27.5 Å². The summed E-state index contributed by atoms with van der Waals surface area (Å²) in [6.45, 7) is 4.46. The van der Waals surface area contributed by atoms with Crippen LogP contribution in [0, 0.1) is 30.9 Å². The van der Waals surface area contributed by atoms with Gasteiger partial charge in [0.2, 0.25) is 0 Å². The summed E-state index contributed by atoms with van der Waals surface area (Å²) < 4.78 is 6.73. The first-order valence-corrected chi connectivity index (χ1v) is 8.05. The van der Waals surface area contributed by atoms with Crippen molar-refractivity contribution < 1.29 is 18.9 Å². The van der Waals surface area contributed by atoms with E-state index in [0.29, 0.717) is 11.1 Å². The molecule has 0 aliphatic rings. The summed E-state index contributed by atoms with van der Waals surface area (Å²) in [5.41, 5.74) is 6.10. The maximum absolute atomic E-state index is 12.3. The fourth-order valence-corrected chi connectivity index (χ4v) is 2.86. The molecule has 0 spiro atoms. The highest BCUT2D eigenvalue weighted by Crippen LogP contribution is 2.24. The minimum atomic E-state index is -0.601. The smallest absolute Gasteiger partial charge is 0.312 e. The first-order valence-electron chi connectivity index (χ1n) is 8.05. The molecule has 0 saturated carbocycles. The minimum absolute atomic E-state index is 0.0956. The van der Waals surface area contributed by atoms with Crippen LogP contribution in [0.15, 0.2) is 28.7 Å². The molecule has 0 unspecified atom stereocenters. The van der Waals surface area contributed by atoms with Gasteiger partial charge in [0, 0.05) is 10.9 Å². The van der Waals surface area contributed by atoms with Crippen LogP contribution in [0.3, 0.4) is 0 Å². The molecule has 27 heavy (non-hydrogen) atoms. The predicted molar refractivity (Wildman–Crippen MR) is 94.9 cm³/mol. The fraction of sp³-hybridized carbons (Fsp3) is 0.235. The van der Waals surface area contributed by atoms with Crippen molar-refractivity contribution in [3.63, 3.8) is 0 Å². The molecule has 3 aromatic rings.